The van der Waals surface area contributed by atoms with Crippen molar-refractivity contribution in [2.75, 3.05) is 0 Å². The molecule has 0 aliphatic heterocycles. The summed E-state index contributed by atoms with van der Waals surface area (Å²) in [6.45, 7) is 9.12. The average molecular weight is 196 g/mol. The van der Waals surface area contributed by atoms with Crippen LogP contribution in [-0.4, -0.2) is 13.9 Å². The summed E-state index contributed by atoms with van der Waals surface area (Å²) in [5.74, 6) is 0.422. The highest BCUT2D eigenvalue weighted by atomic mass is 28.3. The van der Waals surface area contributed by atoms with E-state index in [0.717, 1.165) is 19.3 Å². The van der Waals surface area contributed by atoms with Crippen molar-refractivity contribution in [3.05, 3.63) is 10.8 Å². The Kier molecular flexibility index (Phi) is 3.12. The number of carbonyl (C=O) groups excluding carboxylic acids is 1. The zero-order valence-corrected chi connectivity index (χ0v) is 10.2. The van der Waals surface area contributed by atoms with E-state index in [1.807, 2.05) is 0 Å². The molecule has 13 heavy (non-hydrogen) atoms. The highest BCUT2D eigenvalue weighted by Gasteiger charge is 2.24. The molecule has 1 aliphatic rings. The predicted molar refractivity (Wildman–Crippen MR) is 59.5 cm³/mol. The molecule has 0 aromatic heterocycles. The second-order valence-corrected chi connectivity index (χ2v) is 10.2. The topological polar surface area (TPSA) is 17.1 Å². The van der Waals surface area contributed by atoms with Gasteiger partial charge in [0.1, 0.15) is 0 Å². The third-order valence-corrected chi connectivity index (χ3v) is 5.55. The van der Waals surface area contributed by atoms with E-state index < -0.39 is 8.07 Å². The van der Waals surface area contributed by atoms with Crippen molar-refractivity contribution in [1.29, 1.82) is 0 Å². The molecule has 0 bridgehead atoms. The van der Waals surface area contributed by atoms with Gasteiger partial charge in [-0.2, -0.15) is 0 Å². The molecule has 0 N–H and O–H groups in total. The summed E-state index contributed by atoms with van der Waals surface area (Å²) in [4.78, 5) is 11.6. The van der Waals surface area contributed by atoms with Gasteiger partial charge in [-0.1, -0.05) is 24.8 Å². The molecule has 0 aromatic carbocycles. The van der Waals surface area contributed by atoms with E-state index >= 15 is 0 Å². The largest absolute Gasteiger partial charge is 0.295 e. The average Bonchev–Trinajstić information content (AvgIpc) is 2.02. The molecule has 0 atom stereocenters. The van der Waals surface area contributed by atoms with Gasteiger partial charge in [0.15, 0.2) is 5.78 Å². The molecule has 0 saturated heterocycles. The Labute approximate surface area is 82.2 Å². The first-order valence-electron chi connectivity index (χ1n) is 5.16. The molecule has 1 fully saturated rings. The Bertz CT molecular complexity index is 245. The monoisotopic (exact) mass is 196 g/mol. The van der Waals surface area contributed by atoms with Crippen LogP contribution in [0.2, 0.25) is 19.6 Å². The number of ketones is 1. The first kappa shape index (κ1) is 10.7. The maximum Gasteiger partial charge on any atom is 0.158 e. The van der Waals surface area contributed by atoms with Crippen LogP contribution in [0.3, 0.4) is 0 Å². The Balaban J connectivity index is 2.94. The molecule has 2 heteroatoms. The van der Waals surface area contributed by atoms with E-state index in [0.29, 0.717) is 5.78 Å². The second kappa shape index (κ2) is 3.78. The SMILES string of the molecule is C/C(=C1/CCCCC1=O)[Si](C)(C)C. The molecule has 74 valence electrons. The van der Waals surface area contributed by atoms with E-state index in [9.17, 15) is 4.79 Å². The fourth-order valence-corrected chi connectivity index (χ4v) is 2.90. The van der Waals surface area contributed by atoms with Crippen LogP contribution in [0, 0.1) is 0 Å². The fourth-order valence-electron chi connectivity index (χ4n) is 1.73. The molecule has 0 amide bonds. The highest BCUT2D eigenvalue weighted by molar-refractivity contribution is 6.83. The van der Waals surface area contributed by atoms with Gasteiger partial charge in [0.05, 0.1) is 8.07 Å². The standard InChI is InChI=1S/C11H20OSi/c1-9(13(2,3)4)10-7-5-6-8-11(10)12/h5-8H2,1-4H3/b10-9+. The molecule has 0 spiro atoms. The Hall–Kier alpha value is -0.373. The van der Waals surface area contributed by atoms with Crippen molar-refractivity contribution in [2.24, 2.45) is 0 Å². The third-order valence-electron chi connectivity index (χ3n) is 2.99. The van der Waals surface area contributed by atoms with Crippen molar-refractivity contribution in [2.45, 2.75) is 52.2 Å². The van der Waals surface area contributed by atoms with E-state index in [1.54, 1.807) is 0 Å². The summed E-state index contributed by atoms with van der Waals surface area (Å²) in [6, 6.07) is 0. The van der Waals surface area contributed by atoms with Crippen LogP contribution in [0.5, 0.6) is 0 Å². The molecule has 1 aliphatic carbocycles. The Morgan fingerprint density at radius 2 is 1.69 bits per heavy atom. The van der Waals surface area contributed by atoms with E-state index in [4.69, 9.17) is 0 Å². The molecule has 1 saturated carbocycles. The first-order chi connectivity index (χ1) is 5.93. The summed E-state index contributed by atoms with van der Waals surface area (Å²) in [7, 11) is -1.23. The van der Waals surface area contributed by atoms with Gasteiger partial charge in [-0.3, -0.25) is 4.79 Å². The fraction of sp³-hybridized carbons (Fsp3) is 0.727. The summed E-state index contributed by atoms with van der Waals surface area (Å²) >= 11 is 0. The number of Topliss-reactive ketones (excluding diaryl/α,β-unsaturated/α-hetero) is 1. The zero-order chi connectivity index (χ0) is 10.1. The first-order valence-corrected chi connectivity index (χ1v) is 8.66. The van der Waals surface area contributed by atoms with Crippen LogP contribution in [-0.2, 0) is 4.79 Å². The summed E-state index contributed by atoms with van der Waals surface area (Å²) in [6.07, 6.45) is 4.14. The minimum Gasteiger partial charge on any atom is -0.295 e. The summed E-state index contributed by atoms with van der Waals surface area (Å²) < 4.78 is 0. The third kappa shape index (κ3) is 2.53. The summed E-state index contributed by atoms with van der Waals surface area (Å²) in [5.41, 5.74) is 1.17. The van der Waals surface area contributed by atoms with Crippen molar-refractivity contribution < 1.29 is 4.79 Å². The number of hydrogen-bond donors (Lipinski definition) is 0. The molecule has 1 nitrogen and oxygen atoms in total. The van der Waals surface area contributed by atoms with Gasteiger partial charge >= 0.3 is 0 Å². The number of hydrogen-bond acceptors (Lipinski definition) is 1. The molecule has 0 unspecified atom stereocenters. The quantitative estimate of drug-likeness (QED) is 0.464. The Morgan fingerprint density at radius 1 is 1.15 bits per heavy atom. The van der Waals surface area contributed by atoms with Gasteiger partial charge in [-0.25, -0.2) is 0 Å². The minimum absolute atomic E-state index is 0.422. The van der Waals surface area contributed by atoms with Crippen molar-refractivity contribution in [1.82, 2.24) is 0 Å². The van der Waals surface area contributed by atoms with Crippen LogP contribution in [0.4, 0.5) is 0 Å². The van der Waals surface area contributed by atoms with Crippen LogP contribution in [0.1, 0.15) is 32.6 Å². The minimum atomic E-state index is -1.23. The van der Waals surface area contributed by atoms with Gasteiger partial charge in [0.25, 0.3) is 0 Å². The van der Waals surface area contributed by atoms with Gasteiger partial charge in [0.2, 0.25) is 0 Å². The summed E-state index contributed by atoms with van der Waals surface area (Å²) in [5, 5.41) is 1.43. The van der Waals surface area contributed by atoms with Gasteiger partial charge in [-0.05, 0) is 31.8 Å². The molecular formula is C11H20OSi. The van der Waals surface area contributed by atoms with Crippen LogP contribution in [0.25, 0.3) is 0 Å². The molecule has 1 rings (SSSR count). The second-order valence-electron chi connectivity index (χ2n) is 4.98. The van der Waals surface area contributed by atoms with Gasteiger partial charge < -0.3 is 0 Å². The zero-order valence-electron chi connectivity index (χ0n) is 9.24. The van der Waals surface area contributed by atoms with Crippen molar-refractivity contribution in [3.8, 4) is 0 Å². The molecule has 0 radical (unpaired) electrons. The lowest BCUT2D eigenvalue weighted by Gasteiger charge is -2.23. The van der Waals surface area contributed by atoms with E-state index in [1.165, 1.54) is 17.2 Å². The van der Waals surface area contributed by atoms with Crippen LogP contribution >= 0.6 is 0 Å². The molecular weight excluding hydrogens is 176 g/mol. The van der Waals surface area contributed by atoms with Crippen LogP contribution in [0.15, 0.2) is 10.8 Å². The lowest BCUT2D eigenvalue weighted by atomic mass is 9.93. The van der Waals surface area contributed by atoms with Crippen LogP contribution < -0.4 is 0 Å². The molecule has 0 heterocycles. The number of carbonyl (C=O) groups is 1. The smallest absolute Gasteiger partial charge is 0.158 e. The maximum atomic E-state index is 11.6. The lowest BCUT2D eigenvalue weighted by Crippen LogP contribution is -2.26. The lowest BCUT2D eigenvalue weighted by molar-refractivity contribution is -0.116. The molecule has 0 aromatic rings. The highest BCUT2D eigenvalue weighted by Crippen LogP contribution is 2.27. The van der Waals surface area contributed by atoms with Crippen molar-refractivity contribution >= 4 is 13.9 Å². The normalized spacial score (nSPS) is 23.2. The van der Waals surface area contributed by atoms with Crippen molar-refractivity contribution in [3.63, 3.8) is 0 Å². The number of allylic oxidation sites excluding steroid dienone is 2. The Morgan fingerprint density at radius 3 is 2.15 bits per heavy atom. The van der Waals surface area contributed by atoms with Gasteiger partial charge in [0, 0.05) is 6.42 Å². The predicted octanol–water partition coefficient (Wildman–Crippen LogP) is 3.32. The van der Waals surface area contributed by atoms with Gasteiger partial charge in [-0.15, -0.1) is 0 Å². The number of rotatable bonds is 1. The van der Waals surface area contributed by atoms with E-state index in [-0.39, 0.29) is 0 Å². The maximum absolute atomic E-state index is 11.6. The van der Waals surface area contributed by atoms with E-state index in [2.05, 4.69) is 26.6 Å².